The average Bonchev–Trinajstić information content (AvgIpc) is 3.13. The van der Waals surface area contributed by atoms with Crippen LogP contribution in [0.25, 0.3) is 0 Å². The predicted molar refractivity (Wildman–Crippen MR) is 120 cm³/mol. The van der Waals surface area contributed by atoms with E-state index in [1.165, 1.54) is 12.8 Å². The molecule has 8 heteroatoms. The number of hydrogen-bond donors (Lipinski definition) is 2. The third-order valence-corrected chi connectivity index (χ3v) is 4.75. The summed E-state index contributed by atoms with van der Waals surface area (Å²) >= 11 is 0. The molecule has 1 heterocycles. The summed E-state index contributed by atoms with van der Waals surface area (Å²) in [5, 5.41) is 6.79. The highest BCUT2D eigenvalue weighted by Gasteiger charge is 2.23. The van der Waals surface area contributed by atoms with Crippen LogP contribution in [0.1, 0.15) is 18.4 Å². The predicted octanol–water partition coefficient (Wildman–Crippen LogP) is 2.10. The lowest BCUT2D eigenvalue weighted by atomic mass is 10.2. The van der Waals surface area contributed by atoms with E-state index in [0.29, 0.717) is 12.6 Å². The van der Waals surface area contributed by atoms with E-state index in [-0.39, 0.29) is 24.0 Å². The average molecular weight is 492 g/mol. The van der Waals surface area contributed by atoms with Gasteiger partial charge in [-0.05, 0) is 31.5 Å². The van der Waals surface area contributed by atoms with Crippen LogP contribution in [0.3, 0.4) is 0 Å². The number of rotatable bonds is 9. The van der Waals surface area contributed by atoms with Gasteiger partial charge in [0.1, 0.15) is 11.5 Å². The summed E-state index contributed by atoms with van der Waals surface area (Å²) in [6, 6.07) is 6.35. The molecule has 1 aromatic rings. The summed E-state index contributed by atoms with van der Waals surface area (Å²) in [6.45, 7) is 4.41. The standard InChI is InChI=1S/C19H32N4O3.HI/c1-20-19(22-14-16-6-5-9-23(16)10-11-24-2)21-13-15-7-8-17(25-3)12-18(15)26-4;/h7-8,12,16H,5-6,9-11,13-14H2,1-4H3,(H2,20,21,22);1H. The quantitative estimate of drug-likeness (QED) is 0.313. The lowest BCUT2D eigenvalue weighted by Gasteiger charge is -2.25. The minimum Gasteiger partial charge on any atom is -0.497 e. The second-order valence-corrected chi connectivity index (χ2v) is 6.31. The van der Waals surface area contributed by atoms with Gasteiger partial charge in [0, 0.05) is 51.5 Å². The van der Waals surface area contributed by atoms with Crippen molar-refractivity contribution in [2.24, 2.45) is 4.99 Å². The van der Waals surface area contributed by atoms with Crippen LogP contribution >= 0.6 is 24.0 Å². The number of nitrogens with one attached hydrogen (secondary N) is 2. The monoisotopic (exact) mass is 492 g/mol. The number of benzene rings is 1. The van der Waals surface area contributed by atoms with Crippen LogP contribution in [0.5, 0.6) is 11.5 Å². The molecule has 2 rings (SSSR count). The van der Waals surface area contributed by atoms with Gasteiger partial charge in [0.25, 0.3) is 0 Å². The molecule has 0 aromatic heterocycles. The second kappa shape index (κ2) is 13.0. The van der Waals surface area contributed by atoms with Crippen LogP contribution in [-0.2, 0) is 11.3 Å². The summed E-state index contributed by atoms with van der Waals surface area (Å²) < 4.78 is 15.9. The lowest BCUT2D eigenvalue weighted by Crippen LogP contribution is -2.45. The number of hydrogen-bond acceptors (Lipinski definition) is 5. The molecule has 1 atom stereocenters. The maximum absolute atomic E-state index is 5.45. The van der Waals surface area contributed by atoms with E-state index in [1.807, 2.05) is 18.2 Å². The Bertz CT molecular complexity index is 586. The van der Waals surface area contributed by atoms with Crippen molar-refractivity contribution in [2.75, 3.05) is 54.6 Å². The highest BCUT2D eigenvalue weighted by molar-refractivity contribution is 14.0. The van der Waals surface area contributed by atoms with E-state index in [2.05, 4.69) is 20.5 Å². The highest BCUT2D eigenvalue weighted by Crippen LogP contribution is 2.24. The van der Waals surface area contributed by atoms with Gasteiger partial charge in [-0.2, -0.15) is 0 Å². The van der Waals surface area contributed by atoms with Crippen molar-refractivity contribution in [2.45, 2.75) is 25.4 Å². The minimum absolute atomic E-state index is 0. The number of halogens is 1. The van der Waals surface area contributed by atoms with Gasteiger partial charge in [0.05, 0.1) is 20.8 Å². The Morgan fingerprint density at radius 2 is 2.04 bits per heavy atom. The van der Waals surface area contributed by atoms with Crippen LogP contribution < -0.4 is 20.1 Å². The van der Waals surface area contributed by atoms with E-state index in [0.717, 1.165) is 49.3 Å². The van der Waals surface area contributed by atoms with E-state index in [9.17, 15) is 0 Å². The molecule has 0 spiro atoms. The molecule has 0 amide bonds. The van der Waals surface area contributed by atoms with Crippen LogP contribution in [-0.4, -0.2) is 71.5 Å². The van der Waals surface area contributed by atoms with Crippen molar-refractivity contribution in [3.8, 4) is 11.5 Å². The first-order chi connectivity index (χ1) is 12.7. The first-order valence-electron chi connectivity index (χ1n) is 9.10. The molecule has 1 saturated heterocycles. The van der Waals surface area contributed by atoms with Gasteiger partial charge in [0.2, 0.25) is 0 Å². The van der Waals surface area contributed by atoms with Gasteiger partial charge in [0.15, 0.2) is 5.96 Å². The maximum Gasteiger partial charge on any atom is 0.191 e. The number of ether oxygens (including phenoxy) is 3. The normalized spacial score (nSPS) is 17.3. The molecular formula is C19H33IN4O3. The first-order valence-corrected chi connectivity index (χ1v) is 9.10. The number of methoxy groups -OCH3 is 3. The van der Waals surface area contributed by atoms with Crippen molar-refractivity contribution in [3.63, 3.8) is 0 Å². The van der Waals surface area contributed by atoms with Gasteiger partial charge in [-0.25, -0.2) is 0 Å². The van der Waals surface area contributed by atoms with Crippen molar-refractivity contribution < 1.29 is 14.2 Å². The molecule has 0 bridgehead atoms. The Labute approximate surface area is 179 Å². The Kier molecular flexibility index (Phi) is 11.5. The van der Waals surface area contributed by atoms with Crippen LogP contribution in [0.4, 0.5) is 0 Å². The molecule has 2 N–H and O–H groups in total. The summed E-state index contributed by atoms with van der Waals surface area (Å²) in [5.74, 6) is 2.38. The zero-order valence-corrected chi connectivity index (χ0v) is 19.1. The Morgan fingerprint density at radius 1 is 1.22 bits per heavy atom. The van der Waals surface area contributed by atoms with Gasteiger partial charge in [-0.1, -0.05) is 0 Å². The molecule has 7 nitrogen and oxygen atoms in total. The van der Waals surface area contributed by atoms with Crippen molar-refractivity contribution in [1.82, 2.24) is 15.5 Å². The van der Waals surface area contributed by atoms with Crippen LogP contribution in [0.2, 0.25) is 0 Å². The van der Waals surface area contributed by atoms with Gasteiger partial charge in [-0.15, -0.1) is 24.0 Å². The van der Waals surface area contributed by atoms with E-state index >= 15 is 0 Å². The Balaban J connectivity index is 0.00000364. The highest BCUT2D eigenvalue weighted by atomic mass is 127. The van der Waals surface area contributed by atoms with E-state index < -0.39 is 0 Å². The fourth-order valence-electron chi connectivity index (χ4n) is 3.24. The van der Waals surface area contributed by atoms with Gasteiger partial charge < -0.3 is 24.8 Å². The van der Waals surface area contributed by atoms with Gasteiger partial charge >= 0.3 is 0 Å². The zero-order chi connectivity index (χ0) is 18.8. The topological polar surface area (TPSA) is 67.4 Å². The first kappa shape index (κ1) is 23.8. The molecule has 0 saturated carbocycles. The second-order valence-electron chi connectivity index (χ2n) is 6.31. The fourth-order valence-corrected chi connectivity index (χ4v) is 3.24. The SMILES string of the molecule is CN=C(NCc1ccc(OC)cc1OC)NCC1CCCN1CCOC.I. The third kappa shape index (κ3) is 7.34. The molecule has 154 valence electrons. The minimum atomic E-state index is 0. The molecule has 1 aliphatic heterocycles. The number of aliphatic imine (C=N–C) groups is 1. The Morgan fingerprint density at radius 3 is 2.70 bits per heavy atom. The lowest BCUT2D eigenvalue weighted by molar-refractivity contribution is 0.141. The van der Waals surface area contributed by atoms with Crippen LogP contribution in [0.15, 0.2) is 23.2 Å². The third-order valence-electron chi connectivity index (χ3n) is 4.75. The molecular weight excluding hydrogens is 459 g/mol. The van der Waals surface area contributed by atoms with Gasteiger partial charge in [-0.3, -0.25) is 9.89 Å². The maximum atomic E-state index is 5.45. The molecule has 0 aliphatic carbocycles. The van der Waals surface area contributed by atoms with Crippen LogP contribution in [0, 0.1) is 0 Å². The van der Waals surface area contributed by atoms with Crippen molar-refractivity contribution in [1.29, 1.82) is 0 Å². The molecule has 27 heavy (non-hydrogen) atoms. The van der Waals surface area contributed by atoms with Crippen molar-refractivity contribution in [3.05, 3.63) is 23.8 Å². The summed E-state index contributed by atoms with van der Waals surface area (Å²) in [4.78, 5) is 6.81. The fraction of sp³-hybridized carbons (Fsp3) is 0.632. The smallest absolute Gasteiger partial charge is 0.191 e. The summed E-state index contributed by atoms with van der Waals surface area (Å²) in [5.41, 5.74) is 1.05. The number of nitrogens with zero attached hydrogens (tertiary/aromatic N) is 2. The largest absolute Gasteiger partial charge is 0.497 e. The molecule has 1 aliphatic rings. The molecule has 1 unspecified atom stereocenters. The molecule has 1 fully saturated rings. The zero-order valence-electron chi connectivity index (χ0n) is 16.8. The summed E-state index contributed by atoms with van der Waals surface area (Å²) in [6.07, 6.45) is 2.45. The number of guanidine groups is 1. The Hall–Kier alpha value is -1.26. The molecule has 0 radical (unpaired) electrons. The molecule has 1 aromatic carbocycles. The summed E-state index contributed by atoms with van der Waals surface area (Å²) in [7, 11) is 6.86. The van der Waals surface area contributed by atoms with E-state index in [4.69, 9.17) is 14.2 Å². The van der Waals surface area contributed by atoms with Crippen molar-refractivity contribution >= 4 is 29.9 Å². The van der Waals surface area contributed by atoms with E-state index in [1.54, 1.807) is 28.4 Å². The number of likely N-dealkylation sites (tertiary alicyclic amines) is 1.